The number of azo groups is 2. The topological polar surface area (TPSA) is 304 Å². The number of anilines is 1. The molecule has 0 spiro atoms. The fourth-order valence-corrected chi connectivity index (χ4v) is 3.90. The Balaban J connectivity index is 0.000000724. The van der Waals surface area contributed by atoms with Gasteiger partial charge in [0, 0.05) is 0 Å². The lowest BCUT2D eigenvalue weighted by Crippen LogP contribution is -2.00. The number of nitrogen functional groups attached to an aromatic ring is 1. The normalized spacial score (nSPS) is 10.5. The molecule has 0 aliphatic rings. The molecule has 4 aromatic rings. The molecular formula is C23H19N5O13S4. The van der Waals surface area contributed by atoms with E-state index >= 15 is 0 Å². The summed E-state index contributed by atoms with van der Waals surface area (Å²) in [6.45, 7) is 1.86. The fourth-order valence-electron chi connectivity index (χ4n) is 3.24. The number of hydrogen-bond acceptors (Lipinski definition) is 17. The number of hydrogen-bond donors (Lipinski definition) is 3. The zero-order chi connectivity index (χ0) is 34.3. The first kappa shape index (κ1) is 37.7. The highest BCUT2D eigenvalue weighted by molar-refractivity contribution is 7.86. The predicted octanol–water partition coefficient (Wildman–Crippen LogP) is 3.50. The highest BCUT2D eigenvalue weighted by Crippen LogP contribution is 2.46. The van der Waals surface area contributed by atoms with E-state index in [0.717, 1.165) is 5.56 Å². The van der Waals surface area contributed by atoms with Gasteiger partial charge < -0.3 is 10.8 Å². The van der Waals surface area contributed by atoms with Crippen molar-refractivity contribution < 1.29 is 56.0 Å². The van der Waals surface area contributed by atoms with Crippen LogP contribution in [0, 0.1) is 6.92 Å². The first-order valence-electron chi connectivity index (χ1n) is 11.2. The molecule has 4 N–H and O–H groups in total. The van der Waals surface area contributed by atoms with Gasteiger partial charge in [0.1, 0.15) is 16.3 Å². The number of aromatic hydroxyl groups is 1. The lowest BCUT2D eigenvalue weighted by molar-refractivity contribution is 0.472. The number of aryl methyl sites for hydroxylation is 1. The van der Waals surface area contributed by atoms with Gasteiger partial charge in [0.05, 0.1) is 22.4 Å². The number of phenols is 1. The Morgan fingerprint density at radius 1 is 0.667 bits per heavy atom. The van der Waals surface area contributed by atoms with Crippen LogP contribution < -0.4 is 5.73 Å². The van der Waals surface area contributed by atoms with Gasteiger partial charge in [0.15, 0.2) is 5.75 Å². The smallest absolute Gasteiger partial charge is 0.425 e. The quantitative estimate of drug-likeness (QED) is 0.152. The standard InChI is InChI=1S/C23H19N5O4S.3O3S/c1-14-6-5-9-17(12-14)26-28-22-19(33(30,31)32)13-15-10-11-18(21(24)20(15)23(22)29)27-25-16-7-3-2-4-8-16;3*1-4(2)3/h2-13,29H,24H2,1H3,(H,30,31,32);;;. The number of phenolic OH excluding ortho intramolecular Hbond substituents is 1. The van der Waals surface area contributed by atoms with E-state index in [-0.39, 0.29) is 22.1 Å². The second-order valence-electron chi connectivity index (χ2n) is 7.83. The molecule has 22 heteroatoms. The fraction of sp³-hybridized carbons (Fsp3) is 0.0435. The van der Waals surface area contributed by atoms with E-state index in [1.807, 2.05) is 31.2 Å². The average Bonchev–Trinajstić information content (AvgIpc) is 2.91. The molecule has 0 heterocycles. The van der Waals surface area contributed by atoms with Gasteiger partial charge in [-0.2, -0.15) is 18.6 Å². The van der Waals surface area contributed by atoms with Crippen molar-refractivity contribution >= 4 is 81.2 Å². The molecule has 0 bridgehead atoms. The van der Waals surface area contributed by atoms with Gasteiger partial charge >= 0.3 is 31.8 Å². The van der Waals surface area contributed by atoms with Crippen LogP contribution in [0.3, 0.4) is 0 Å². The van der Waals surface area contributed by atoms with Gasteiger partial charge in [-0.05, 0) is 54.3 Å². The van der Waals surface area contributed by atoms with E-state index in [0.29, 0.717) is 11.4 Å². The van der Waals surface area contributed by atoms with Crippen molar-refractivity contribution in [1.29, 1.82) is 0 Å². The number of nitrogens with zero attached hydrogens (tertiary/aromatic N) is 4. The summed E-state index contributed by atoms with van der Waals surface area (Å²) in [6, 6.07) is 20.2. The van der Waals surface area contributed by atoms with Crippen molar-refractivity contribution in [1.82, 2.24) is 0 Å². The highest BCUT2D eigenvalue weighted by atomic mass is 32.2. The van der Waals surface area contributed by atoms with E-state index in [9.17, 15) is 18.1 Å². The van der Waals surface area contributed by atoms with Gasteiger partial charge in [-0.3, -0.25) is 4.55 Å². The zero-order valence-electron chi connectivity index (χ0n) is 22.3. The second kappa shape index (κ2) is 17.7. The van der Waals surface area contributed by atoms with Crippen molar-refractivity contribution in [3.8, 4) is 5.75 Å². The molecule has 0 fully saturated rings. The van der Waals surface area contributed by atoms with E-state index in [1.54, 1.807) is 30.3 Å². The summed E-state index contributed by atoms with van der Waals surface area (Å²) in [5, 5.41) is 27.5. The van der Waals surface area contributed by atoms with Crippen molar-refractivity contribution in [3.05, 3.63) is 78.4 Å². The second-order valence-corrected chi connectivity index (χ2v) is 10.4. The molecule has 0 atom stereocenters. The Bertz CT molecular complexity index is 2100. The van der Waals surface area contributed by atoms with Crippen LogP contribution in [0.2, 0.25) is 0 Å². The molecule has 0 aliphatic carbocycles. The van der Waals surface area contributed by atoms with E-state index < -0.39 is 58.3 Å². The Hall–Kier alpha value is -5.29. The Kier molecular flexibility index (Phi) is 14.9. The first-order valence-corrected chi connectivity index (χ1v) is 15.7. The van der Waals surface area contributed by atoms with Crippen LogP contribution in [0.5, 0.6) is 5.75 Å². The number of rotatable bonds is 5. The summed E-state index contributed by atoms with van der Waals surface area (Å²) in [6.07, 6.45) is 0. The summed E-state index contributed by atoms with van der Waals surface area (Å²) in [7, 11) is -14.1. The number of benzene rings is 4. The summed E-state index contributed by atoms with van der Waals surface area (Å²) in [5.74, 6) is -0.550. The van der Waals surface area contributed by atoms with E-state index in [4.69, 9.17) is 43.6 Å². The van der Waals surface area contributed by atoms with E-state index in [2.05, 4.69) is 20.5 Å². The molecule has 0 aliphatic heterocycles. The third-order valence-electron chi connectivity index (χ3n) is 4.81. The minimum Gasteiger partial charge on any atom is -0.505 e. The molecule has 45 heavy (non-hydrogen) atoms. The number of nitrogens with two attached hydrogens (primary N) is 1. The zero-order valence-corrected chi connectivity index (χ0v) is 25.6. The van der Waals surface area contributed by atoms with Crippen LogP contribution in [0.25, 0.3) is 10.8 Å². The maximum atomic E-state index is 12.0. The van der Waals surface area contributed by atoms with E-state index in [1.165, 1.54) is 18.2 Å². The lowest BCUT2D eigenvalue weighted by atomic mass is 10.1. The molecule has 0 aromatic heterocycles. The minimum absolute atomic E-state index is 0.0681. The van der Waals surface area contributed by atoms with Crippen LogP contribution in [0.1, 0.15) is 5.56 Å². The Morgan fingerprint density at radius 2 is 1.18 bits per heavy atom. The maximum absolute atomic E-state index is 12.0. The largest absolute Gasteiger partial charge is 0.505 e. The lowest BCUT2D eigenvalue weighted by Gasteiger charge is -2.11. The molecule has 0 radical (unpaired) electrons. The number of fused-ring (bicyclic) bond motifs is 1. The summed E-state index contributed by atoms with van der Waals surface area (Å²) >= 11 is 0. The van der Waals surface area contributed by atoms with Crippen LogP contribution >= 0.6 is 0 Å². The van der Waals surface area contributed by atoms with Gasteiger partial charge in [0.25, 0.3) is 10.1 Å². The Labute approximate surface area is 258 Å². The molecule has 0 unspecified atom stereocenters. The van der Waals surface area contributed by atoms with Crippen LogP contribution in [-0.2, 0) is 41.9 Å². The van der Waals surface area contributed by atoms with Crippen molar-refractivity contribution in [2.75, 3.05) is 5.73 Å². The third-order valence-corrected chi connectivity index (χ3v) is 5.68. The Morgan fingerprint density at radius 3 is 1.69 bits per heavy atom. The first-order chi connectivity index (χ1) is 20.9. The van der Waals surface area contributed by atoms with Crippen molar-refractivity contribution in [2.45, 2.75) is 11.8 Å². The minimum atomic E-state index is -4.73. The molecule has 0 amide bonds. The summed E-state index contributed by atoms with van der Waals surface area (Å²) in [5.41, 5.74) is 8.11. The van der Waals surface area contributed by atoms with Gasteiger partial charge in [-0.1, -0.05) is 36.4 Å². The molecule has 238 valence electrons. The molecule has 0 saturated carbocycles. The molecule has 4 rings (SSSR count). The highest BCUT2D eigenvalue weighted by Gasteiger charge is 2.24. The van der Waals surface area contributed by atoms with Crippen LogP contribution in [0.15, 0.2) is 98.1 Å². The SMILES string of the molecule is Cc1cccc(N=Nc2c(S(=O)(=O)O)cc3ccc(N=Nc4ccccc4)c(N)c3c2O)c1.O=S(=O)=O.O=S(=O)=O.O=S(=O)=O. The average molecular weight is 702 g/mol. The van der Waals surface area contributed by atoms with Crippen LogP contribution in [-0.4, -0.2) is 56.0 Å². The predicted molar refractivity (Wildman–Crippen MR) is 155 cm³/mol. The van der Waals surface area contributed by atoms with Crippen molar-refractivity contribution in [2.24, 2.45) is 20.5 Å². The van der Waals surface area contributed by atoms with Crippen LogP contribution in [0.4, 0.5) is 28.4 Å². The van der Waals surface area contributed by atoms with Gasteiger partial charge in [-0.25, -0.2) is 0 Å². The molecule has 4 aromatic carbocycles. The van der Waals surface area contributed by atoms with Gasteiger partial charge in [-0.15, -0.1) is 48.1 Å². The third kappa shape index (κ3) is 13.7. The summed E-state index contributed by atoms with van der Waals surface area (Å²) < 4.78 is 110. The molecule has 0 saturated heterocycles. The van der Waals surface area contributed by atoms with Gasteiger partial charge in [0.2, 0.25) is 0 Å². The van der Waals surface area contributed by atoms with Crippen molar-refractivity contribution in [3.63, 3.8) is 0 Å². The monoisotopic (exact) mass is 701 g/mol. The maximum Gasteiger partial charge on any atom is 0.425 e. The molecule has 18 nitrogen and oxygen atoms in total. The summed E-state index contributed by atoms with van der Waals surface area (Å²) in [4.78, 5) is -0.595. The molecular weight excluding hydrogens is 683 g/mol.